The molecule has 0 aliphatic carbocycles. The zero-order valence-corrected chi connectivity index (χ0v) is 15.3. The molecular weight excluding hydrogens is 358 g/mol. The summed E-state index contributed by atoms with van der Waals surface area (Å²) >= 11 is 0. The number of nitrogens with one attached hydrogen (secondary N) is 1. The molecule has 1 aromatic carbocycles. The molecule has 0 radical (unpaired) electrons. The number of hydrogen-bond acceptors (Lipinski definition) is 8. The number of amides is 1. The Morgan fingerprint density at radius 1 is 1.07 bits per heavy atom. The van der Waals surface area contributed by atoms with Gasteiger partial charge in [-0.15, -0.1) is 5.10 Å². The fourth-order valence-corrected chi connectivity index (χ4v) is 3.15. The molecule has 1 fully saturated rings. The second-order valence-corrected chi connectivity index (χ2v) is 6.57. The zero-order chi connectivity index (χ0) is 19.2. The topological polar surface area (TPSA) is 105 Å². The molecule has 10 nitrogen and oxygen atoms in total. The first kappa shape index (κ1) is 18.0. The molecule has 0 atom stereocenters. The van der Waals surface area contributed by atoms with Crippen molar-refractivity contribution in [3.63, 3.8) is 0 Å². The quantitative estimate of drug-likeness (QED) is 0.657. The Morgan fingerprint density at radius 3 is 2.64 bits per heavy atom. The maximum atomic E-state index is 12.1. The molecule has 2 aromatic heterocycles. The number of nitrogens with zero attached hydrogens (tertiary/aromatic N) is 8. The van der Waals surface area contributed by atoms with Crippen LogP contribution < -0.4 is 10.2 Å². The fraction of sp³-hybridized carbons (Fsp3) is 0.333. The largest absolute Gasteiger partial charge is 0.354 e. The van der Waals surface area contributed by atoms with E-state index in [0.717, 1.165) is 38.5 Å². The minimum absolute atomic E-state index is 0.0322. The highest BCUT2D eigenvalue weighted by Crippen LogP contribution is 2.17. The summed E-state index contributed by atoms with van der Waals surface area (Å²) in [6, 6.07) is 12.3. The lowest BCUT2D eigenvalue weighted by molar-refractivity contribution is -0.116. The van der Waals surface area contributed by atoms with Gasteiger partial charge in [0.25, 0.3) is 0 Å². The van der Waals surface area contributed by atoms with Crippen LogP contribution >= 0.6 is 0 Å². The molecule has 3 heterocycles. The van der Waals surface area contributed by atoms with Crippen LogP contribution in [-0.2, 0) is 17.9 Å². The van der Waals surface area contributed by atoms with Gasteiger partial charge in [0.15, 0.2) is 0 Å². The number of tetrazole rings is 1. The van der Waals surface area contributed by atoms with Crippen molar-refractivity contribution >= 4 is 17.5 Å². The summed E-state index contributed by atoms with van der Waals surface area (Å²) in [5.41, 5.74) is 1.32. The molecule has 0 unspecified atom stereocenters. The third-order valence-electron chi connectivity index (χ3n) is 4.56. The second kappa shape index (κ2) is 8.53. The molecule has 4 rings (SSSR count). The standard InChI is InChI=1S/C18H21N9O/c28-18(12-27-14-21-23-24-27)22-16-10-17(20-13-19-16)26-8-6-25(7-9-26)11-15-4-2-1-3-5-15/h1-5,10,13-14H,6-9,11-12H2,(H,19,20,22,28). The van der Waals surface area contributed by atoms with E-state index < -0.39 is 0 Å². The van der Waals surface area contributed by atoms with Crippen LogP contribution in [0.4, 0.5) is 11.6 Å². The van der Waals surface area contributed by atoms with Crippen LogP contribution in [0.5, 0.6) is 0 Å². The van der Waals surface area contributed by atoms with Gasteiger partial charge in [0.1, 0.15) is 30.8 Å². The maximum Gasteiger partial charge on any atom is 0.247 e. The van der Waals surface area contributed by atoms with Crippen molar-refractivity contribution in [1.82, 2.24) is 35.1 Å². The van der Waals surface area contributed by atoms with Crippen molar-refractivity contribution < 1.29 is 4.79 Å². The van der Waals surface area contributed by atoms with Gasteiger partial charge >= 0.3 is 0 Å². The monoisotopic (exact) mass is 379 g/mol. The molecule has 1 aliphatic heterocycles. The van der Waals surface area contributed by atoms with Crippen LogP contribution in [0.2, 0.25) is 0 Å². The van der Waals surface area contributed by atoms with Crippen molar-refractivity contribution in [3.05, 3.63) is 54.6 Å². The maximum absolute atomic E-state index is 12.1. The average Bonchev–Trinajstić information content (AvgIpc) is 3.22. The van der Waals surface area contributed by atoms with E-state index in [9.17, 15) is 4.79 Å². The first-order valence-corrected chi connectivity index (χ1v) is 9.10. The highest BCUT2D eigenvalue weighted by atomic mass is 16.2. The van der Waals surface area contributed by atoms with E-state index in [2.05, 4.69) is 64.9 Å². The molecule has 1 aliphatic rings. The molecular formula is C18H21N9O. The van der Waals surface area contributed by atoms with Gasteiger partial charge in [-0.05, 0) is 16.0 Å². The lowest BCUT2D eigenvalue weighted by Crippen LogP contribution is -2.46. The molecule has 10 heteroatoms. The number of piperazine rings is 1. The number of carbonyl (C=O) groups is 1. The van der Waals surface area contributed by atoms with Gasteiger partial charge in [-0.25, -0.2) is 14.6 Å². The van der Waals surface area contributed by atoms with Crippen LogP contribution in [0.3, 0.4) is 0 Å². The van der Waals surface area contributed by atoms with E-state index in [-0.39, 0.29) is 12.5 Å². The Hall–Kier alpha value is -3.40. The normalized spacial score (nSPS) is 14.8. The van der Waals surface area contributed by atoms with E-state index in [4.69, 9.17) is 0 Å². The molecule has 3 aromatic rings. The second-order valence-electron chi connectivity index (χ2n) is 6.57. The van der Waals surface area contributed by atoms with Crippen molar-refractivity contribution in [2.45, 2.75) is 13.1 Å². The fourth-order valence-electron chi connectivity index (χ4n) is 3.15. The van der Waals surface area contributed by atoms with Crippen LogP contribution in [-0.4, -0.2) is 67.2 Å². The number of hydrogen-bond donors (Lipinski definition) is 1. The predicted molar refractivity (Wildman–Crippen MR) is 102 cm³/mol. The predicted octanol–water partition coefficient (Wildman–Crippen LogP) is 0.424. The number of aromatic nitrogens is 6. The number of carbonyl (C=O) groups excluding carboxylic acids is 1. The summed E-state index contributed by atoms with van der Waals surface area (Å²) in [5, 5.41) is 13.4. The third-order valence-corrected chi connectivity index (χ3v) is 4.56. The number of rotatable bonds is 6. The van der Waals surface area contributed by atoms with E-state index in [1.54, 1.807) is 6.07 Å². The van der Waals surface area contributed by atoms with E-state index in [0.29, 0.717) is 5.82 Å². The molecule has 0 bridgehead atoms. The highest BCUT2D eigenvalue weighted by Gasteiger charge is 2.19. The van der Waals surface area contributed by atoms with Gasteiger partial charge in [0, 0.05) is 38.8 Å². The van der Waals surface area contributed by atoms with Crippen LogP contribution in [0, 0.1) is 0 Å². The smallest absolute Gasteiger partial charge is 0.247 e. The lowest BCUT2D eigenvalue weighted by atomic mass is 10.2. The zero-order valence-electron chi connectivity index (χ0n) is 15.3. The van der Waals surface area contributed by atoms with Crippen molar-refractivity contribution in [2.24, 2.45) is 0 Å². The van der Waals surface area contributed by atoms with Gasteiger partial charge < -0.3 is 10.2 Å². The molecule has 144 valence electrons. The summed E-state index contributed by atoms with van der Waals surface area (Å²) in [6.07, 6.45) is 2.86. The lowest BCUT2D eigenvalue weighted by Gasteiger charge is -2.35. The minimum Gasteiger partial charge on any atom is -0.354 e. The minimum atomic E-state index is -0.246. The molecule has 0 saturated carbocycles. The summed E-state index contributed by atoms with van der Waals surface area (Å²) in [5.74, 6) is 1.03. The highest BCUT2D eigenvalue weighted by molar-refractivity contribution is 5.89. The SMILES string of the molecule is O=C(Cn1cnnn1)Nc1cc(N2CCN(Cc3ccccc3)CC2)ncn1. The van der Waals surface area contributed by atoms with Crippen LogP contribution in [0.15, 0.2) is 49.1 Å². The Kier molecular flexibility index (Phi) is 5.48. The van der Waals surface area contributed by atoms with Gasteiger partial charge in [0.05, 0.1) is 0 Å². The molecule has 28 heavy (non-hydrogen) atoms. The van der Waals surface area contributed by atoms with Crippen LogP contribution in [0.1, 0.15) is 5.56 Å². The summed E-state index contributed by atoms with van der Waals surface area (Å²) in [4.78, 5) is 25.2. The van der Waals surface area contributed by atoms with Gasteiger partial charge in [-0.1, -0.05) is 30.3 Å². The summed E-state index contributed by atoms with van der Waals surface area (Å²) in [6.45, 7) is 4.66. The first-order chi connectivity index (χ1) is 13.8. The van der Waals surface area contributed by atoms with Gasteiger partial charge in [-0.3, -0.25) is 9.69 Å². The van der Waals surface area contributed by atoms with Gasteiger partial charge in [0.2, 0.25) is 5.91 Å². The van der Waals surface area contributed by atoms with Crippen LogP contribution in [0.25, 0.3) is 0 Å². The summed E-state index contributed by atoms with van der Waals surface area (Å²) < 4.78 is 1.35. The van der Waals surface area contributed by atoms with E-state index >= 15 is 0 Å². The van der Waals surface area contributed by atoms with E-state index in [1.165, 1.54) is 22.9 Å². The van der Waals surface area contributed by atoms with Crippen molar-refractivity contribution in [2.75, 3.05) is 36.4 Å². The molecule has 1 N–H and O–H groups in total. The summed E-state index contributed by atoms with van der Waals surface area (Å²) in [7, 11) is 0. The molecule has 0 spiro atoms. The average molecular weight is 379 g/mol. The first-order valence-electron chi connectivity index (χ1n) is 9.10. The van der Waals surface area contributed by atoms with E-state index in [1.807, 2.05) is 6.07 Å². The molecule has 1 saturated heterocycles. The van der Waals surface area contributed by atoms with Crippen molar-refractivity contribution in [1.29, 1.82) is 0 Å². The van der Waals surface area contributed by atoms with Crippen molar-refractivity contribution in [3.8, 4) is 0 Å². The number of benzene rings is 1. The Labute approximate surface area is 162 Å². The molecule has 1 amide bonds. The Morgan fingerprint density at radius 2 is 1.89 bits per heavy atom. The third kappa shape index (κ3) is 4.65. The Bertz CT molecular complexity index is 892. The van der Waals surface area contributed by atoms with Gasteiger partial charge in [-0.2, -0.15) is 0 Å². The number of anilines is 2. The Balaban J connectivity index is 1.31.